The number of halogens is 2. The third-order valence-corrected chi connectivity index (χ3v) is 4.62. The predicted molar refractivity (Wildman–Crippen MR) is 92.3 cm³/mol. The maximum absolute atomic E-state index is 13.4. The molecule has 26 heavy (non-hydrogen) atoms. The van der Waals surface area contributed by atoms with Crippen LogP contribution >= 0.6 is 0 Å². The van der Waals surface area contributed by atoms with Crippen molar-refractivity contribution in [1.29, 1.82) is 0 Å². The smallest absolute Gasteiger partial charge is 0.253 e. The normalized spacial score (nSPS) is 17.0. The maximum atomic E-state index is 13.4. The number of hydrogen-bond donors (Lipinski definition) is 0. The largest absolute Gasteiger partial charge is 0.496 e. The molecule has 0 N–H and O–H groups in total. The number of nitrogens with zero attached hydrogens (tertiary/aromatic N) is 1. The van der Waals surface area contributed by atoms with Gasteiger partial charge in [-0.15, -0.1) is 0 Å². The number of carbonyl (C=O) groups excluding carboxylic acids is 2. The molecule has 0 bridgehead atoms. The Labute approximate surface area is 150 Å². The summed E-state index contributed by atoms with van der Waals surface area (Å²) in [6.45, 7) is 0.724. The van der Waals surface area contributed by atoms with Crippen molar-refractivity contribution in [1.82, 2.24) is 4.90 Å². The molecule has 0 aromatic heterocycles. The molecule has 4 nitrogen and oxygen atoms in total. The molecule has 0 saturated carbocycles. The van der Waals surface area contributed by atoms with Crippen LogP contribution < -0.4 is 4.74 Å². The van der Waals surface area contributed by atoms with E-state index in [0.717, 1.165) is 12.1 Å². The van der Waals surface area contributed by atoms with Gasteiger partial charge in [0.15, 0.2) is 17.4 Å². The Morgan fingerprint density at radius 1 is 1.12 bits per heavy atom. The molecule has 136 valence electrons. The van der Waals surface area contributed by atoms with Crippen LogP contribution in [0.1, 0.15) is 33.6 Å². The average molecular weight is 359 g/mol. The summed E-state index contributed by atoms with van der Waals surface area (Å²) in [7, 11) is 1.51. The summed E-state index contributed by atoms with van der Waals surface area (Å²) >= 11 is 0. The van der Waals surface area contributed by atoms with Gasteiger partial charge in [0.25, 0.3) is 5.91 Å². The summed E-state index contributed by atoms with van der Waals surface area (Å²) in [4.78, 5) is 27.0. The molecule has 6 heteroatoms. The monoisotopic (exact) mass is 359 g/mol. The summed E-state index contributed by atoms with van der Waals surface area (Å²) in [5.74, 6) is -2.39. The van der Waals surface area contributed by atoms with Gasteiger partial charge in [0.2, 0.25) is 0 Å². The van der Waals surface area contributed by atoms with Gasteiger partial charge >= 0.3 is 0 Å². The fraction of sp³-hybridized carbons (Fsp3) is 0.300. The van der Waals surface area contributed by atoms with Crippen molar-refractivity contribution in [3.63, 3.8) is 0 Å². The minimum atomic E-state index is -1.06. The fourth-order valence-corrected chi connectivity index (χ4v) is 3.26. The van der Waals surface area contributed by atoms with E-state index < -0.39 is 17.5 Å². The zero-order valence-electron chi connectivity index (χ0n) is 14.4. The van der Waals surface area contributed by atoms with Gasteiger partial charge in [-0.1, -0.05) is 12.1 Å². The summed E-state index contributed by atoms with van der Waals surface area (Å²) < 4.78 is 31.7. The van der Waals surface area contributed by atoms with E-state index in [0.29, 0.717) is 30.7 Å². The average Bonchev–Trinajstić information content (AvgIpc) is 2.69. The second-order valence-electron chi connectivity index (χ2n) is 6.28. The van der Waals surface area contributed by atoms with Crippen molar-refractivity contribution in [2.45, 2.75) is 12.8 Å². The topological polar surface area (TPSA) is 46.6 Å². The van der Waals surface area contributed by atoms with E-state index in [1.165, 1.54) is 18.1 Å². The van der Waals surface area contributed by atoms with Gasteiger partial charge < -0.3 is 9.64 Å². The van der Waals surface area contributed by atoms with E-state index in [4.69, 9.17) is 4.74 Å². The second kappa shape index (κ2) is 7.64. The number of benzene rings is 2. The van der Waals surface area contributed by atoms with Gasteiger partial charge in [0, 0.05) is 24.6 Å². The molecule has 2 aromatic rings. The molecule has 0 spiro atoms. The lowest BCUT2D eigenvalue weighted by atomic mass is 9.89. The number of ketones is 1. The summed E-state index contributed by atoms with van der Waals surface area (Å²) in [6, 6.07) is 10.1. The van der Waals surface area contributed by atoms with Crippen LogP contribution in [0.4, 0.5) is 8.78 Å². The van der Waals surface area contributed by atoms with Crippen molar-refractivity contribution in [3.05, 3.63) is 65.2 Å². The molecule has 1 aliphatic rings. The molecule has 1 fully saturated rings. The van der Waals surface area contributed by atoms with E-state index in [1.54, 1.807) is 24.3 Å². The van der Waals surface area contributed by atoms with Gasteiger partial charge in [-0.05, 0) is 43.2 Å². The number of methoxy groups -OCH3 is 1. The standard InChI is InChI=1S/C20H19F2NO3/c1-26-18-7-3-2-6-15(18)19(24)14-5-4-10-23(12-14)20(25)13-8-9-16(21)17(22)11-13/h2-3,6-9,11,14H,4-5,10,12H2,1H3/t14-/m0/s1. The summed E-state index contributed by atoms with van der Waals surface area (Å²) in [5.41, 5.74) is 0.566. The van der Waals surface area contributed by atoms with Crippen LogP contribution in [0.3, 0.4) is 0 Å². The lowest BCUT2D eigenvalue weighted by molar-refractivity contribution is 0.0635. The van der Waals surface area contributed by atoms with E-state index in [-0.39, 0.29) is 23.8 Å². The van der Waals surface area contributed by atoms with E-state index in [1.807, 2.05) is 0 Å². The lowest BCUT2D eigenvalue weighted by Crippen LogP contribution is -2.42. The van der Waals surface area contributed by atoms with Crippen LogP contribution in [0.15, 0.2) is 42.5 Å². The summed E-state index contributed by atoms with van der Waals surface area (Å²) in [6.07, 6.45) is 1.33. The van der Waals surface area contributed by atoms with Crippen LogP contribution in [0.5, 0.6) is 5.75 Å². The van der Waals surface area contributed by atoms with Crippen molar-refractivity contribution in [3.8, 4) is 5.75 Å². The van der Waals surface area contributed by atoms with Crippen molar-refractivity contribution >= 4 is 11.7 Å². The number of rotatable bonds is 4. The Morgan fingerprint density at radius 2 is 1.88 bits per heavy atom. The number of likely N-dealkylation sites (tertiary alicyclic amines) is 1. The molecule has 1 aliphatic heterocycles. The number of amides is 1. The highest BCUT2D eigenvalue weighted by Crippen LogP contribution is 2.27. The first kappa shape index (κ1) is 18.0. The highest BCUT2D eigenvalue weighted by molar-refractivity contribution is 6.01. The van der Waals surface area contributed by atoms with Gasteiger partial charge in [0.05, 0.1) is 12.7 Å². The van der Waals surface area contributed by atoms with Crippen LogP contribution in [0, 0.1) is 17.6 Å². The Balaban J connectivity index is 1.77. The molecular weight excluding hydrogens is 340 g/mol. The Kier molecular flexibility index (Phi) is 5.30. The van der Waals surface area contributed by atoms with E-state index in [2.05, 4.69) is 0 Å². The third kappa shape index (κ3) is 3.59. The Morgan fingerprint density at radius 3 is 2.62 bits per heavy atom. The predicted octanol–water partition coefficient (Wildman–Crippen LogP) is 3.71. The van der Waals surface area contributed by atoms with Gasteiger partial charge in [0.1, 0.15) is 5.75 Å². The van der Waals surface area contributed by atoms with Crippen LogP contribution in [0.25, 0.3) is 0 Å². The molecule has 0 unspecified atom stereocenters. The number of ether oxygens (including phenoxy) is 1. The van der Waals surface area contributed by atoms with Crippen LogP contribution in [-0.2, 0) is 0 Å². The first-order chi connectivity index (χ1) is 12.5. The van der Waals surface area contributed by atoms with Crippen molar-refractivity contribution in [2.75, 3.05) is 20.2 Å². The molecule has 0 radical (unpaired) electrons. The highest BCUT2D eigenvalue weighted by atomic mass is 19.2. The van der Waals surface area contributed by atoms with Gasteiger partial charge in [-0.3, -0.25) is 9.59 Å². The van der Waals surface area contributed by atoms with Crippen molar-refractivity contribution in [2.24, 2.45) is 5.92 Å². The molecule has 3 rings (SSSR count). The maximum Gasteiger partial charge on any atom is 0.253 e. The number of hydrogen-bond acceptors (Lipinski definition) is 3. The zero-order chi connectivity index (χ0) is 18.7. The molecule has 1 saturated heterocycles. The number of piperidine rings is 1. The molecule has 1 atom stereocenters. The minimum Gasteiger partial charge on any atom is -0.496 e. The number of carbonyl (C=O) groups is 2. The van der Waals surface area contributed by atoms with Gasteiger partial charge in [-0.2, -0.15) is 0 Å². The quantitative estimate of drug-likeness (QED) is 0.782. The van der Waals surface area contributed by atoms with E-state index in [9.17, 15) is 18.4 Å². The fourth-order valence-electron chi connectivity index (χ4n) is 3.26. The molecule has 0 aliphatic carbocycles. The van der Waals surface area contributed by atoms with Gasteiger partial charge in [-0.25, -0.2) is 8.78 Å². The van der Waals surface area contributed by atoms with Crippen LogP contribution in [0.2, 0.25) is 0 Å². The first-order valence-corrected chi connectivity index (χ1v) is 8.43. The van der Waals surface area contributed by atoms with Crippen LogP contribution in [-0.4, -0.2) is 36.8 Å². The Bertz CT molecular complexity index is 838. The minimum absolute atomic E-state index is 0.0780. The zero-order valence-corrected chi connectivity index (χ0v) is 14.4. The summed E-state index contributed by atoms with van der Waals surface area (Å²) in [5, 5.41) is 0. The van der Waals surface area contributed by atoms with E-state index >= 15 is 0 Å². The molecular formula is C20H19F2NO3. The highest BCUT2D eigenvalue weighted by Gasteiger charge is 2.30. The molecule has 2 aromatic carbocycles. The van der Waals surface area contributed by atoms with Crippen molar-refractivity contribution < 1.29 is 23.1 Å². The lowest BCUT2D eigenvalue weighted by Gasteiger charge is -2.32. The second-order valence-corrected chi connectivity index (χ2v) is 6.28. The number of para-hydroxylation sites is 1. The third-order valence-electron chi connectivity index (χ3n) is 4.62. The first-order valence-electron chi connectivity index (χ1n) is 8.43. The molecule has 1 heterocycles. The molecule has 1 amide bonds. The SMILES string of the molecule is COc1ccccc1C(=O)[C@H]1CCCN(C(=O)c2ccc(F)c(F)c2)C1. The Hall–Kier alpha value is -2.76. The number of Topliss-reactive ketones (excluding diaryl/α,β-unsaturated/α-hetero) is 1.